The zero-order chi connectivity index (χ0) is 17.8. The molecule has 2 aromatic rings. The van der Waals surface area contributed by atoms with Gasteiger partial charge in [-0.2, -0.15) is 0 Å². The van der Waals surface area contributed by atoms with Gasteiger partial charge in [-0.15, -0.1) is 0 Å². The van der Waals surface area contributed by atoms with Crippen molar-refractivity contribution in [3.8, 4) is 5.75 Å². The van der Waals surface area contributed by atoms with E-state index in [0.717, 1.165) is 24.0 Å². The minimum Gasteiger partial charge on any atom is -0.506 e. The Labute approximate surface area is 156 Å². The maximum Gasteiger partial charge on any atom is 0.255 e. The number of rotatable bonds is 4. The number of nitrogens with one attached hydrogen (secondary N) is 1. The standard InChI is InChI=1S/C19H19Cl2NO3/c20-16-4-2-1-3-13(16)9-12-10-15(18(23)17(21)11-12)19(24)22-14-5-7-25-8-6-14/h1-4,10-11,14,23H,5-9H2,(H,22,24). The molecule has 0 saturated carbocycles. The molecule has 3 rings (SSSR count). The second-order valence-corrected chi connectivity index (χ2v) is 6.92. The monoisotopic (exact) mass is 379 g/mol. The summed E-state index contributed by atoms with van der Waals surface area (Å²) in [7, 11) is 0. The van der Waals surface area contributed by atoms with Gasteiger partial charge >= 0.3 is 0 Å². The maximum absolute atomic E-state index is 12.6. The number of amides is 1. The summed E-state index contributed by atoms with van der Waals surface area (Å²) in [5, 5.41) is 13.9. The van der Waals surface area contributed by atoms with Gasteiger partial charge in [0.1, 0.15) is 5.75 Å². The third-order valence-corrected chi connectivity index (χ3v) is 4.93. The van der Waals surface area contributed by atoms with Crippen molar-refractivity contribution < 1.29 is 14.6 Å². The van der Waals surface area contributed by atoms with E-state index in [9.17, 15) is 9.90 Å². The van der Waals surface area contributed by atoms with Crippen LogP contribution in [0.4, 0.5) is 0 Å². The van der Waals surface area contributed by atoms with Crippen LogP contribution >= 0.6 is 23.2 Å². The van der Waals surface area contributed by atoms with Gasteiger partial charge in [0.2, 0.25) is 0 Å². The Kier molecular flexibility index (Phi) is 5.84. The van der Waals surface area contributed by atoms with E-state index in [1.54, 1.807) is 12.1 Å². The molecule has 0 aromatic heterocycles. The van der Waals surface area contributed by atoms with Gasteiger partial charge in [0.25, 0.3) is 5.91 Å². The van der Waals surface area contributed by atoms with Gasteiger partial charge in [-0.1, -0.05) is 41.4 Å². The number of phenolic OH excluding ortho intramolecular Hbond substituents is 1. The molecular formula is C19H19Cl2NO3. The minimum absolute atomic E-state index is 0.0478. The molecule has 1 saturated heterocycles. The molecular weight excluding hydrogens is 361 g/mol. The summed E-state index contributed by atoms with van der Waals surface area (Å²) in [6, 6.07) is 10.9. The van der Waals surface area contributed by atoms with E-state index in [1.807, 2.05) is 24.3 Å². The summed E-state index contributed by atoms with van der Waals surface area (Å²) in [6.07, 6.45) is 2.05. The second kappa shape index (κ2) is 8.09. The fourth-order valence-corrected chi connectivity index (χ4v) is 3.34. The Morgan fingerprint density at radius 1 is 1.16 bits per heavy atom. The van der Waals surface area contributed by atoms with Crippen LogP contribution in [0.15, 0.2) is 36.4 Å². The van der Waals surface area contributed by atoms with Crippen molar-refractivity contribution in [2.75, 3.05) is 13.2 Å². The van der Waals surface area contributed by atoms with Crippen LogP contribution in [0.5, 0.6) is 5.75 Å². The van der Waals surface area contributed by atoms with Crippen LogP contribution in [0.2, 0.25) is 10.0 Å². The summed E-state index contributed by atoms with van der Waals surface area (Å²) in [4.78, 5) is 12.6. The van der Waals surface area contributed by atoms with E-state index in [1.165, 1.54) is 0 Å². The zero-order valence-corrected chi connectivity index (χ0v) is 15.1. The van der Waals surface area contributed by atoms with Crippen molar-refractivity contribution in [3.05, 3.63) is 63.1 Å². The largest absolute Gasteiger partial charge is 0.506 e. The van der Waals surface area contributed by atoms with Crippen molar-refractivity contribution in [1.29, 1.82) is 0 Å². The molecule has 0 unspecified atom stereocenters. The maximum atomic E-state index is 12.6. The summed E-state index contributed by atoms with van der Waals surface area (Å²) < 4.78 is 5.29. The van der Waals surface area contributed by atoms with Crippen LogP contribution < -0.4 is 5.32 Å². The molecule has 0 spiro atoms. The van der Waals surface area contributed by atoms with E-state index in [-0.39, 0.29) is 28.3 Å². The highest BCUT2D eigenvalue weighted by atomic mass is 35.5. The lowest BCUT2D eigenvalue weighted by Gasteiger charge is -2.23. The van der Waals surface area contributed by atoms with Crippen LogP contribution in [0, 0.1) is 0 Å². The van der Waals surface area contributed by atoms with Gasteiger partial charge < -0.3 is 15.2 Å². The van der Waals surface area contributed by atoms with Crippen LogP contribution in [-0.4, -0.2) is 30.3 Å². The predicted molar refractivity (Wildman–Crippen MR) is 98.7 cm³/mol. The number of hydrogen-bond donors (Lipinski definition) is 2. The average Bonchev–Trinajstić information content (AvgIpc) is 2.60. The third-order valence-electron chi connectivity index (χ3n) is 4.28. The summed E-state index contributed by atoms with van der Waals surface area (Å²) in [5.41, 5.74) is 1.93. The van der Waals surface area contributed by atoms with E-state index in [4.69, 9.17) is 27.9 Å². The highest BCUT2D eigenvalue weighted by molar-refractivity contribution is 6.33. The molecule has 1 fully saturated rings. The van der Waals surface area contributed by atoms with E-state index in [0.29, 0.717) is 24.7 Å². The van der Waals surface area contributed by atoms with Crippen LogP contribution in [0.1, 0.15) is 34.3 Å². The van der Waals surface area contributed by atoms with Crippen molar-refractivity contribution >= 4 is 29.1 Å². The molecule has 2 N–H and O–H groups in total. The number of benzene rings is 2. The van der Waals surface area contributed by atoms with Gasteiger partial charge in [-0.25, -0.2) is 0 Å². The van der Waals surface area contributed by atoms with Crippen LogP contribution in [-0.2, 0) is 11.2 Å². The lowest BCUT2D eigenvalue weighted by Crippen LogP contribution is -2.38. The number of carbonyl (C=O) groups is 1. The first-order valence-electron chi connectivity index (χ1n) is 8.18. The van der Waals surface area contributed by atoms with Crippen molar-refractivity contribution in [2.45, 2.75) is 25.3 Å². The smallest absolute Gasteiger partial charge is 0.255 e. The second-order valence-electron chi connectivity index (χ2n) is 6.10. The summed E-state index contributed by atoms with van der Waals surface area (Å²) >= 11 is 12.3. The molecule has 25 heavy (non-hydrogen) atoms. The van der Waals surface area contributed by atoms with Crippen molar-refractivity contribution in [3.63, 3.8) is 0 Å². The van der Waals surface area contributed by atoms with Gasteiger partial charge in [-0.3, -0.25) is 4.79 Å². The Bertz CT molecular complexity index is 773. The van der Waals surface area contributed by atoms with Gasteiger partial charge in [-0.05, 0) is 48.6 Å². The molecule has 1 amide bonds. The number of carbonyl (C=O) groups excluding carboxylic acids is 1. The lowest BCUT2D eigenvalue weighted by atomic mass is 10.0. The highest BCUT2D eigenvalue weighted by Crippen LogP contribution is 2.31. The number of halogens is 2. The normalized spacial score (nSPS) is 15.1. The Hall–Kier alpha value is -1.75. The number of phenols is 1. The molecule has 6 heteroatoms. The first-order chi connectivity index (χ1) is 12.0. The average molecular weight is 380 g/mol. The molecule has 1 aliphatic heterocycles. The molecule has 1 aliphatic rings. The Morgan fingerprint density at radius 2 is 1.88 bits per heavy atom. The Morgan fingerprint density at radius 3 is 2.60 bits per heavy atom. The molecule has 0 aliphatic carbocycles. The summed E-state index contributed by atoms with van der Waals surface area (Å²) in [5.74, 6) is -0.526. The first kappa shape index (κ1) is 18.1. The van der Waals surface area contributed by atoms with E-state index in [2.05, 4.69) is 5.32 Å². The molecule has 132 valence electrons. The molecule has 4 nitrogen and oxygen atoms in total. The fraction of sp³-hybridized carbons (Fsp3) is 0.316. The van der Waals surface area contributed by atoms with Crippen LogP contribution in [0.25, 0.3) is 0 Å². The molecule has 0 bridgehead atoms. The SMILES string of the molecule is O=C(NC1CCOCC1)c1cc(Cc2ccccc2Cl)cc(Cl)c1O. The fourth-order valence-electron chi connectivity index (χ4n) is 2.90. The molecule has 2 aromatic carbocycles. The van der Waals surface area contributed by atoms with E-state index < -0.39 is 0 Å². The van der Waals surface area contributed by atoms with Crippen LogP contribution in [0.3, 0.4) is 0 Å². The van der Waals surface area contributed by atoms with Gasteiger partial charge in [0.05, 0.1) is 10.6 Å². The predicted octanol–water partition coefficient (Wildman–Crippen LogP) is 4.20. The minimum atomic E-state index is -0.327. The van der Waals surface area contributed by atoms with Gasteiger partial charge in [0.15, 0.2) is 0 Å². The third kappa shape index (κ3) is 4.46. The molecule has 1 heterocycles. The number of aromatic hydroxyl groups is 1. The van der Waals surface area contributed by atoms with Crippen molar-refractivity contribution in [2.24, 2.45) is 0 Å². The summed E-state index contributed by atoms with van der Waals surface area (Å²) in [6.45, 7) is 1.26. The van der Waals surface area contributed by atoms with Gasteiger partial charge in [0, 0.05) is 24.3 Å². The van der Waals surface area contributed by atoms with E-state index >= 15 is 0 Å². The topological polar surface area (TPSA) is 58.6 Å². The quantitative estimate of drug-likeness (QED) is 0.836. The lowest BCUT2D eigenvalue weighted by molar-refractivity contribution is 0.0695. The number of hydrogen-bond acceptors (Lipinski definition) is 3. The zero-order valence-electron chi connectivity index (χ0n) is 13.6. The highest BCUT2D eigenvalue weighted by Gasteiger charge is 2.21. The number of ether oxygens (including phenoxy) is 1. The molecule has 0 radical (unpaired) electrons. The molecule has 0 atom stereocenters. The first-order valence-corrected chi connectivity index (χ1v) is 8.93. The van der Waals surface area contributed by atoms with Crippen molar-refractivity contribution in [1.82, 2.24) is 5.32 Å². The Balaban J connectivity index is 1.82.